The molecule has 0 aliphatic heterocycles. The summed E-state index contributed by atoms with van der Waals surface area (Å²) in [6.45, 7) is 3.67. The summed E-state index contributed by atoms with van der Waals surface area (Å²) in [5.74, 6) is -0.852. The number of nitrogens with zero attached hydrogens (tertiary/aromatic N) is 3. The van der Waals surface area contributed by atoms with E-state index in [9.17, 15) is 13.6 Å². The highest BCUT2D eigenvalue weighted by Crippen LogP contribution is 2.28. The highest BCUT2D eigenvalue weighted by Gasteiger charge is 2.19. The van der Waals surface area contributed by atoms with Gasteiger partial charge in [-0.3, -0.25) is 4.79 Å². The minimum absolute atomic E-state index is 0.0574. The van der Waals surface area contributed by atoms with E-state index in [1.807, 2.05) is 35.0 Å². The molecule has 0 spiro atoms. The molecule has 0 bridgehead atoms. The molecule has 170 valence electrons. The molecular formula is C26H20F2N4OS. The Hall–Kier alpha value is -3.91. The van der Waals surface area contributed by atoms with E-state index in [1.165, 1.54) is 29.5 Å². The summed E-state index contributed by atoms with van der Waals surface area (Å²) >= 11 is 1.30. The van der Waals surface area contributed by atoms with Crippen LogP contribution in [-0.2, 0) is 11.2 Å². The Morgan fingerprint density at radius 2 is 1.76 bits per heavy atom. The molecule has 0 radical (unpaired) electrons. The smallest absolute Gasteiger partial charge is 0.232 e. The third-order valence-electron chi connectivity index (χ3n) is 5.52. The number of carbonyl (C=O) groups excluding carboxylic acids is 1. The Morgan fingerprint density at radius 3 is 2.53 bits per heavy atom. The highest BCUT2D eigenvalue weighted by molar-refractivity contribution is 7.14. The second kappa shape index (κ2) is 8.79. The molecule has 0 saturated heterocycles. The molecule has 0 fully saturated rings. The number of thiazole rings is 1. The topological polar surface area (TPSA) is 59.3 Å². The van der Waals surface area contributed by atoms with Crippen LogP contribution < -0.4 is 5.32 Å². The third kappa shape index (κ3) is 4.32. The lowest BCUT2D eigenvalue weighted by atomic mass is 10.1. The third-order valence-corrected chi connectivity index (χ3v) is 6.27. The molecule has 3 aromatic heterocycles. The normalized spacial score (nSPS) is 11.2. The van der Waals surface area contributed by atoms with Crippen LogP contribution in [0.1, 0.15) is 16.8 Å². The summed E-state index contributed by atoms with van der Waals surface area (Å²) in [6.07, 6.45) is 1.99. The maximum atomic E-state index is 13.9. The van der Waals surface area contributed by atoms with Crippen molar-refractivity contribution in [3.05, 3.63) is 94.6 Å². The molecule has 5 rings (SSSR count). The average molecular weight is 475 g/mol. The first-order valence-corrected chi connectivity index (χ1v) is 11.5. The predicted octanol–water partition coefficient (Wildman–Crippen LogP) is 6.20. The number of nitrogens with one attached hydrogen (secondary N) is 1. The zero-order valence-corrected chi connectivity index (χ0v) is 19.3. The summed E-state index contributed by atoms with van der Waals surface area (Å²) in [5, 5.41) is 5.12. The van der Waals surface area contributed by atoms with Crippen molar-refractivity contribution in [3.63, 3.8) is 0 Å². The van der Waals surface area contributed by atoms with Gasteiger partial charge in [-0.2, -0.15) is 0 Å². The maximum absolute atomic E-state index is 13.9. The molecule has 5 nitrogen and oxygen atoms in total. The number of halogens is 2. The fraction of sp³-hybridized carbons (Fsp3) is 0.115. The predicted molar refractivity (Wildman–Crippen MR) is 130 cm³/mol. The van der Waals surface area contributed by atoms with Crippen LogP contribution in [0.4, 0.5) is 13.9 Å². The van der Waals surface area contributed by atoms with Gasteiger partial charge in [-0.25, -0.2) is 18.7 Å². The van der Waals surface area contributed by atoms with Crippen molar-refractivity contribution >= 4 is 28.0 Å². The number of hydrogen-bond donors (Lipinski definition) is 1. The summed E-state index contributed by atoms with van der Waals surface area (Å²) in [5.41, 5.74) is 5.76. The Bertz CT molecular complexity index is 1520. The highest BCUT2D eigenvalue weighted by atomic mass is 32.1. The van der Waals surface area contributed by atoms with Gasteiger partial charge in [0.1, 0.15) is 17.3 Å². The van der Waals surface area contributed by atoms with Gasteiger partial charge in [-0.05, 0) is 73.5 Å². The summed E-state index contributed by atoms with van der Waals surface area (Å²) in [4.78, 5) is 22.2. The van der Waals surface area contributed by atoms with E-state index in [0.717, 1.165) is 16.7 Å². The van der Waals surface area contributed by atoms with Crippen molar-refractivity contribution in [2.75, 3.05) is 5.32 Å². The fourth-order valence-corrected chi connectivity index (χ4v) is 4.53. The van der Waals surface area contributed by atoms with Gasteiger partial charge in [0.05, 0.1) is 23.5 Å². The van der Waals surface area contributed by atoms with Crippen molar-refractivity contribution < 1.29 is 13.6 Å². The molecule has 1 N–H and O–H groups in total. The molecule has 0 aliphatic rings. The van der Waals surface area contributed by atoms with E-state index in [4.69, 9.17) is 4.98 Å². The van der Waals surface area contributed by atoms with Gasteiger partial charge in [0, 0.05) is 22.7 Å². The van der Waals surface area contributed by atoms with E-state index in [0.29, 0.717) is 33.4 Å². The van der Waals surface area contributed by atoms with Gasteiger partial charge < -0.3 is 9.72 Å². The van der Waals surface area contributed by atoms with E-state index >= 15 is 0 Å². The maximum Gasteiger partial charge on any atom is 0.232 e. The molecule has 34 heavy (non-hydrogen) atoms. The van der Waals surface area contributed by atoms with E-state index in [1.54, 1.807) is 31.2 Å². The zero-order chi connectivity index (χ0) is 23.8. The van der Waals surface area contributed by atoms with E-state index in [-0.39, 0.29) is 24.0 Å². The van der Waals surface area contributed by atoms with Crippen molar-refractivity contribution in [2.24, 2.45) is 0 Å². The van der Waals surface area contributed by atoms with Crippen molar-refractivity contribution in [3.8, 4) is 22.5 Å². The second-order valence-electron chi connectivity index (χ2n) is 8.08. The summed E-state index contributed by atoms with van der Waals surface area (Å²) in [6, 6.07) is 14.7. The summed E-state index contributed by atoms with van der Waals surface area (Å²) < 4.78 is 28.9. The molecular weight excluding hydrogens is 454 g/mol. The molecule has 0 aliphatic carbocycles. The lowest BCUT2D eigenvalue weighted by Gasteiger charge is -2.07. The number of fused-ring (bicyclic) bond motifs is 1. The number of pyridine rings is 1. The van der Waals surface area contributed by atoms with Gasteiger partial charge in [-0.15, -0.1) is 11.3 Å². The molecule has 0 saturated carbocycles. The number of amides is 1. The number of imidazole rings is 1. The largest absolute Gasteiger partial charge is 0.303 e. The van der Waals surface area contributed by atoms with Crippen LogP contribution in [0.2, 0.25) is 0 Å². The van der Waals surface area contributed by atoms with Crippen molar-refractivity contribution in [1.29, 1.82) is 0 Å². The van der Waals surface area contributed by atoms with Gasteiger partial charge in [0.2, 0.25) is 5.91 Å². The van der Waals surface area contributed by atoms with Gasteiger partial charge >= 0.3 is 0 Å². The molecule has 8 heteroatoms. The Kier molecular flexibility index (Phi) is 5.67. The molecule has 0 unspecified atom stereocenters. The van der Waals surface area contributed by atoms with Crippen LogP contribution in [0.3, 0.4) is 0 Å². The average Bonchev–Trinajstić information content (AvgIpc) is 3.41. The first kappa shape index (κ1) is 21.9. The Labute approximate surface area is 198 Å². The Morgan fingerprint density at radius 1 is 1.00 bits per heavy atom. The van der Waals surface area contributed by atoms with Crippen LogP contribution in [0.25, 0.3) is 28.2 Å². The zero-order valence-electron chi connectivity index (χ0n) is 18.5. The van der Waals surface area contributed by atoms with Crippen LogP contribution in [0.5, 0.6) is 0 Å². The number of rotatable bonds is 5. The van der Waals surface area contributed by atoms with Crippen LogP contribution in [0.15, 0.2) is 66.2 Å². The van der Waals surface area contributed by atoms with Crippen LogP contribution in [-0.4, -0.2) is 20.3 Å². The number of hydrogen-bond acceptors (Lipinski definition) is 4. The van der Waals surface area contributed by atoms with Gasteiger partial charge in [0.15, 0.2) is 5.13 Å². The quantitative estimate of drug-likeness (QED) is 0.330. The number of carbonyl (C=O) groups is 1. The second-order valence-corrected chi connectivity index (χ2v) is 8.93. The lowest BCUT2D eigenvalue weighted by Crippen LogP contribution is -2.16. The van der Waals surface area contributed by atoms with Gasteiger partial charge in [0.25, 0.3) is 0 Å². The summed E-state index contributed by atoms with van der Waals surface area (Å²) in [7, 11) is 0. The first-order valence-electron chi connectivity index (χ1n) is 10.6. The number of aryl methyl sites for hydroxylation is 2. The van der Waals surface area contributed by atoms with E-state index in [2.05, 4.69) is 10.3 Å². The van der Waals surface area contributed by atoms with Crippen LogP contribution >= 0.6 is 11.3 Å². The number of anilines is 1. The molecule has 2 aromatic carbocycles. The van der Waals surface area contributed by atoms with Gasteiger partial charge in [-0.1, -0.05) is 6.07 Å². The number of benzene rings is 2. The van der Waals surface area contributed by atoms with Crippen molar-refractivity contribution in [1.82, 2.24) is 14.4 Å². The Balaban J connectivity index is 1.45. The molecule has 1 amide bonds. The molecule has 5 aromatic rings. The number of aromatic nitrogens is 3. The molecule has 3 heterocycles. The lowest BCUT2D eigenvalue weighted by molar-refractivity contribution is -0.115. The van der Waals surface area contributed by atoms with E-state index < -0.39 is 0 Å². The fourth-order valence-electron chi connectivity index (χ4n) is 3.79. The minimum atomic E-state index is -0.317. The standard InChI is InChI=1S/C26H20F2N4OS/c1-15-3-10-23-30-25(18-6-9-20(28)16(2)11-18)22(32(23)13-15)12-24(33)31-26-29-21(14-34-26)17-4-7-19(27)8-5-17/h3-11,13-14H,12H2,1-2H3,(H,29,31,33). The van der Waals surface area contributed by atoms with Crippen LogP contribution in [0, 0.1) is 25.5 Å². The first-order chi connectivity index (χ1) is 16.4. The molecule has 0 atom stereocenters. The SMILES string of the molecule is Cc1ccc2nc(-c3ccc(F)c(C)c3)c(CC(=O)Nc3nc(-c4ccc(F)cc4)cs3)n2c1. The monoisotopic (exact) mass is 474 g/mol. The van der Waals surface area contributed by atoms with Crippen molar-refractivity contribution in [2.45, 2.75) is 20.3 Å². The minimum Gasteiger partial charge on any atom is -0.303 e.